The lowest BCUT2D eigenvalue weighted by atomic mass is 9.99. The summed E-state index contributed by atoms with van der Waals surface area (Å²) >= 11 is 0. The number of oxazole rings is 1. The number of piperidine rings is 1. The Balaban J connectivity index is 2.22. The molecular weight excluding hydrogens is 284 g/mol. The second kappa shape index (κ2) is 5.28. The number of nitrogens with zero attached hydrogens (tertiary/aromatic N) is 1. The third-order valence-corrected chi connectivity index (χ3v) is 4.28. The smallest absolute Gasteiger partial charge is 0.407 e. The van der Waals surface area contributed by atoms with E-state index in [1.165, 1.54) is 4.57 Å². The molecule has 2 atom stereocenters. The maximum Gasteiger partial charge on any atom is 0.420 e. The van der Waals surface area contributed by atoms with Crippen LogP contribution in [0.2, 0.25) is 0 Å². The van der Waals surface area contributed by atoms with Gasteiger partial charge in [0.2, 0.25) is 5.91 Å². The summed E-state index contributed by atoms with van der Waals surface area (Å²) in [6.07, 6.45) is -0.390. The molecule has 1 aromatic heterocycles. The highest BCUT2D eigenvalue weighted by Gasteiger charge is 2.32. The number of carbonyl (C=O) groups excluding carboxylic acids is 1. The van der Waals surface area contributed by atoms with Crippen LogP contribution in [0, 0.1) is 6.92 Å². The normalized spacial score (nSPS) is 22.3. The molecule has 2 heterocycles. The number of hydrogen-bond acceptors (Lipinski definition) is 4. The zero-order chi connectivity index (χ0) is 16.0. The fourth-order valence-electron chi connectivity index (χ4n) is 3.12. The summed E-state index contributed by atoms with van der Waals surface area (Å²) in [6, 6.07) is 3.42. The van der Waals surface area contributed by atoms with E-state index in [-0.39, 0.29) is 18.2 Å². The van der Waals surface area contributed by atoms with Gasteiger partial charge in [0.25, 0.3) is 0 Å². The van der Waals surface area contributed by atoms with E-state index in [9.17, 15) is 14.7 Å². The van der Waals surface area contributed by atoms with E-state index in [4.69, 9.17) is 4.42 Å². The summed E-state index contributed by atoms with van der Waals surface area (Å²) < 4.78 is 6.97. The molecule has 0 aliphatic carbocycles. The summed E-state index contributed by atoms with van der Waals surface area (Å²) in [6.45, 7) is 5.99. The topological polar surface area (TPSA) is 84.5 Å². The number of carbonyl (C=O) groups is 1. The summed E-state index contributed by atoms with van der Waals surface area (Å²) in [5.74, 6) is -0.478. The molecule has 0 radical (unpaired) electrons. The molecule has 6 heteroatoms. The molecule has 0 spiro atoms. The Labute approximate surface area is 127 Å². The van der Waals surface area contributed by atoms with Gasteiger partial charge in [-0.2, -0.15) is 0 Å². The van der Waals surface area contributed by atoms with Crippen molar-refractivity contribution in [1.82, 2.24) is 9.88 Å². The molecule has 1 fully saturated rings. The van der Waals surface area contributed by atoms with E-state index in [1.807, 2.05) is 32.9 Å². The number of nitrogens with one attached hydrogen (secondary N) is 1. The van der Waals surface area contributed by atoms with Crippen LogP contribution in [0.1, 0.15) is 49.8 Å². The predicted octanol–water partition coefficient (Wildman–Crippen LogP) is 1.80. The predicted molar refractivity (Wildman–Crippen MR) is 81.7 cm³/mol. The summed E-state index contributed by atoms with van der Waals surface area (Å²) in [5, 5.41) is 12.6. The van der Waals surface area contributed by atoms with Crippen molar-refractivity contribution in [3.05, 3.63) is 33.8 Å². The second-order valence-corrected chi connectivity index (χ2v) is 6.16. The van der Waals surface area contributed by atoms with Gasteiger partial charge >= 0.3 is 5.76 Å². The van der Waals surface area contributed by atoms with E-state index >= 15 is 0 Å². The number of aliphatic hydroxyl groups excluding tert-OH is 1. The number of aryl methyl sites for hydroxylation is 1. The molecule has 2 aromatic rings. The number of aromatic nitrogens is 1. The highest BCUT2D eigenvalue weighted by molar-refractivity contribution is 5.81. The number of rotatable bonds is 2. The molecule has 22 heavy (non-hydrogen) atoms. The Morgan fingerprint density at radius 2 is 2.09 bits per heavy atom. The third-order valence-electron chi connectivity index (χ3n) is 4.28. The Bertz CT molecular complexity index is 787. The first-order valence-corrected chi connectivity index (χ1v) is 7.52. The first-order chi connectivity index (χ1) is 10.4. The summed E-state index contributed by atoms with van der Waals surface area (Å²) in [7, 11) is 0. The molecule has 2 unspecified atom stereocenters. The van der Waals surface area contributed by atoms with Crippen LogP contribution in [0.25, 0.3) is 11.1 Å². The van der Waals surface area contributed by atoms with Gasteiger partial charge in [-0.1, -0.05) is 26.0 Å². The minimum absolute atomic E-state index is 0.204. The van der Waals surface area contributed by atoms with Gasteiger partial charge in [-0.25, -0.2) is 4.79 Å². The largest absolute Gasteiger partial charge is 0.420 e. The lowest BCUT2D eigenvalue weighted by Gasteiger charge is -2.29. The number of fused-ring (bicyclic) bond motifs is 1. The Morgan fingerprint density at radius 3 is 2.73 bits per heavy atom. The Hall–Kier alpha value is -2.08. The van der Waals surface area contributed by atoms with Crippen molar-refractivity contribution in [2.24, 2.45) is 0 Å². The minimum Gasteiger partial charge on any atom is -0.407 e. The fourth-order valence-corrected chi connectivity index (χ4v) is 3.12. The van der Waals surface area contributed by atoms with Gasteiger partial charge in [0, 0.05) is 6.42 Å². The van der Waals surface area contributed by atoms with Crippen molar-refractivity contribution in [3.8, 4) is 0 Å². The molecule has 1 aromatic carbocycles. The van der Waals surface area contributed by atoms with E-state index in [1.54, 1.807) is 0 Å². The van der Waals surface area contributed by atoms with E-state index < -0.39 is 18.0 Å². The van der Waals surface area contributed by atoms with E-state index in [0.717, 1.165) is 11.1 Å². The molecule has 1 aliphatic heterocycles. The van der Waals surface area contributed by atoms with Crippen molar-refractivity contribution >= 4 is 17.0 Å². The van der Waals surface area contributed by atoms with E-state index in [2.05, 4.69) is 5.32 Å². The monoisotopic (exact) mass is 304 g/mol. The fraction of sp³-hybridized carbons (Fsp3) is 0.500. The maximum absolute atomic E-state index is 12.4. The van der Waals surface area contributed by atoms with Gasteiger partial charge in [-0.3, -0.25) is 9.36 Å². The van der Waals surface area contributed by atoms with Gasteiger partial charge in [0.15, 0.2) is 5.58 Å². The quantitative estimate of drug-likeness (QED) is 0.886. The first-order valence-electron chi connectivity index (χ1n) is 7.52. The zero-order valence-electron chi connectivity index (χ0n) is 12.9. The molecule has 6 nitrogen and oxygen atoms in total. The van der Waals surface area contributed by atoms with Crippen LogP contribution in [0.4, 0.5) is 0 Å². The van der Waals surface area contributed by atoms with Crippen molar-refractivity contribution < 1.29 is 14.3 Å². The van der Waals surface area contributed by atoms with Crippen molar-refractivity contribution in [2.75, 3.05) is 0 Å². The van der Waals surface area contributed by atoms with Crippen LogP contribution in [0.5, 0.6) is 0 Å². The number of aliphatic hydroxyl groups is 1. The summed E-state index contributed by atoms with van der Waals surface area (Å²) in [4.78, 5) is 23.7. The van der Waals surface area contributed by atoms with Gasteiger partial charge in [-0.15, -0.1) is 0 Å². The first kappa shape index (κ1) is 14.8. The number of amides is 1. The average Bonchev–Trinajstić information content (AvgIpc) is 2.77. The standard InChI is InChI=1S/C16H20N2O4/c1-8(2)10-5-4-9(3)13-14(10)22-16(21)18(13)11-6-7-12(19)17-15(11)20/h4-5,8,11,15,20H,6-7H2,1-3H3,(H,17,19). The zero-order valence-corrected chi connectivity index (χ0v) is 12.9. The Kier molecular flexibility index (Phi) is 3.56. The van der Waals surface area contributed by atoms with Crippen LogP contribution >= 0.6 is 0 Å². The van der Waals surface area contributed by atoms with Gasteiger partial charge in [0.1, 0.15) is 6.23 Å². The molecule has 2 N–H and O–H groups in total. The molecule has 3 rings (SSSR count). The molecule has 118 valence electrons. The number of benzene rings is 1. The van der Waals surface area contributed by atoms with Crippen LogP contribution in [-0.4, -0.2) is 21.8 Å². The molecule has 1 saturated heterocycles. The van der Waals surface area contributed by atoms with Crippen LogP contribution in [0.3, 0.4) is 0 Å². The Morgan fingerprint density at radius 1 is 1.36 bits per heavy atom. The molecule has 1 amide bonds. The van der Waals surface area contributed by atoms with Crippen molar-refractivity contribution in [1.29, 1.82) is 0 Å². The molecule has 0 saturated carbocycles. The van der Waals surface area contributed by atoms with Crippen molar-refractivity contribution in [3.63, 3.8) is 0 Å². The molecule has 0 bridgehead atoms. The van der Waals surface area contributed by atoms with Crippen LogP contribution in [-0.2, 0) is 4.79 Å². The maximum atomic E-state index is 12.4. The summed E-state index contributed by atoms with van der Waals surface area (Å²) in [5.41, 5.74) is 3.15. The molecule has 1 aliphatic rings. The molecular formula is C16H20N2O4. The van der Waals surface area contributed by atoms with Crippen LogP contribution < -0.4 is 11.1 Å². The van der Waals surface area contributed by atoms with Crippen LogP contribution in [0.15, 0.2) is 21.3 Å². The number of hydrogen-bond donors (Lipinski definition) is 2. The van der Waals surface area contributed by atoms with Gasteiger partial charge in [-0.05, 0) is 30.4 Å². The third kappa shape index (κ3) is 2.23. The van der Waals surface area contributed by atoms with Crippen molar-refractivity contribution in [2.45, 2.75) is 51.8 Å². The van der Waals surface area contributed by atoms with E-state index in [0.29, 0.717) is 17.5 Å². The lowest BCUT2D eigenvalue weighted by Crippen LogP contribution is -2.47. The SMILES string of the molecule is Cc1ccc(C(C)C)c2oc(=O)n(C3CCC(=O)NC3O)c12. The second-order valence-electron chi connectivity index (χ2n) is 6.16. The average molecular weight is 304 g/mol. The van der Waals surface area contributed by atoms with Gasteiger partial charge < -0.3 is 14.8 Å². The highest BCUT2D eigenvalue weighted by atomic mass is 16.4. The van der Waals surface area contributed by atoms with Gasteiger partial charge in [0.05, 0.1) is 11.6 Å². The highest BCUT2D eigenvalue weighted by Crippen LogP contribution is 2.31. The lowest BCUT2D eigenvalue weighted by molar-refractivity contribution is -0.128. The minimum atomic E-state index is -1.08.